The molecule has 0 aromatic heterocycles. The molecule has 0 amide bonds. The number of nitrogens with one attached hydrogen (secondary N) is 1. The summed E-state index contributed by atoms with van der Waals surface area (Å²) in [7, 11) is 0. The predicted molar refractivity (Wildman–Crippen MR) is 96.2 cm³/mol. The molecule has 1 heterocycles. The number of rotatable bonds is 4. The second-order valence-corrected chi connectivity index (χ2v) is 5.76. The Kier molecular flexibility index (Phi) is 4.28. The highest BCUT2D eigenvalue weighted by Crippen LogP contribution is 2.26. The van der Waals surface area contributed by atoms with Crippen molar-refractivity contribution in [3.63, 3.8) is 0 Å². The maximum atomic E-state index is 5.51. The Labute approximate surface area is 141 Å². The molecule has 3 heteroatoms. The van der Waals surface area contributed by atoms with Crippen molar-refractivity contribution >= 4 is 11.4 Å². The van der Waals surface area contributed by atoms with E-state index in [9.17, 15) is 0 Å². The number of hydrogen-bond donors (Lipinski definition) is 1. The lowest BCUT2D eigenvalue weighted by atomic mass is 10.1. The fraction of sp³-hybridized carbons (Fsp3) is 0.143. The fourth-order valence-electron chi connectivity index (χ4n) is 2.82. The molecule has 3 aromatic rings. The van der Waals surface area contributed by atoms with E-state index in [0.29, 0.717) is 13.2 Å². The average Bonchev–Trinajstić information content (AvgIpc) is 3.18. The van der Waals surface area contributed by atoms with Gasteiger partial charge in [-0.25, -0.2) is 0 Å². The molecule has 3 aromatic carbocycles. The van der Waals surface area contributed by atoms with Gasteiger partial charge in [-0.1, -0.05) is 54.6 Å². The molecule has 24 heavy (non-hydrogen) atoms. The first kappa shape index (κ1) is 14.9. The van der Waals surface area contributed by atoms with Crippen molar-refractivity contribution in [2.45, 2.75) is 6.29 Å². The van der Waals surface area contributed by atoms with Gasteiger partial charge in [-0.3, -0.25) is 0 Å². The Bertz CT molecular complexity index is 776. The van der Waals surface area contributed by atoms with E-state index in [2.05, 4.69) is 53.8 Å². The van der Waals surface area contributed by atoms with Crippen LogP contribution < -0.4 is 5.32 Å². The van der Waals surface area contributed by atoms with E-state index in [-0.39, 0.29) is 6.29 Å². The summed E-state index contributed by atoms with van der Waals surface area (Å²) >= 11 is 0. The first-order valence-electron chi connectivity index (χ1n) is 8.14. The van der Waals surface area contributed by atoms with Crippen LogP contribution in [0.15, 0.2) is 78.9 Å². The smallest absolute Gasteiger partial charge is 0.184 e. The number of benzene rings is 3. The molecule has 4 rings (SSSR count). The van der Waals surface area contributed by atoms with Gasteiger partial charge in [0.2, 0.25) is 0 Å². The Hall–Kier alpha value is -2.62. The zero-order chi connectivity index (χ0) is 16.2. The topological polar surface area (TPSA) is 30.5 Å². The average molecular weight is 317 g/mol. The van der Waals surface area contributed by atoms with Crippen molar-refractivity contribution in [2.75, 3.05) is 18.5 Å². The van der Waals surface area contributed by atoms with Gasteiger partial charge in [0.1, 0.15) is 0 Å². The van der Waals surface area contributed by atoms with E-state index in [1.807, 2.05) is 30.3 Å². The van der Waals surface area contributed by atoms with Crippen LogP contribution in [0.1, 0.15) is 11.9 Å². The summed E-state index contributed by atoms with van der Waals surface area (Å²) < 4.78 is 11.0. The zero-order valence-corrected chi connectivity index (χ0v) is 13.3. The van der Waals surface area contributed by atoms with Crippen LogP contribution in [0.5, 0.6) is 0 Å². The highest BCUT2D eigenvalue weighted by Gasteiger charge is 2.17. The molecule has 0 saturated carbocycles. The highest BCUT2D eigenvalue weighted by molar-refractivity contribution is 5.68. The molecule has 120 valence electrons. The SMILES string of the molecule is c1ccc(-c2ccc(Nc3ccc(C4OCCO4)cc3)cc2)cc1. The minimum absolute atomic E-state index is 0.218. The molecule has 1 N–H and O–H groups in total. The summed E-state index contributed by atoms with van der Waals surface area (Å²) in [5.41, 5.74) is 5.61. The normalized spacial score (nSPS) is 14.7. The molecule has 0 aliphatic carbocycles. The Morgan fingerprint density at radius 2 is 1.17 bits per heavy atom. The quantitative estimate of drug-likeness (QED) is 0.722. The van der Waals surface area contributed by atoms with Crippen molar-refractivity contribution in [1.82, 2.24) is 0 Å². The third kappa shape index (κ3) is 3.32. The minimum Gasteiger partial charge on any atom is -0.356 e. The van der Waals surface area contributed by atoms with Crippen LogP contribution in [0.2, 0.25) is 0 Å². The van der Waals surface area contributed by atoms with Gasteiger partial charge in [0.05, 0.1) is 13.2 Å². The summed E-state index contributed by atoms with van der Waals surface area (Å²) in [5, 5.41) is 3.42. The lowest BCUT2D eigenvalue weighted by Gasteiger charge is -2.11. The van der Waals surface area contributed by atoms with Gasteiger partial charge in [0.25, 0.3) is 0 Å². The van der Waals surface area contributed by atoms with Crippen LogP contribution in [0, 0.1) is 0 Å². The van der Waals surface area contributed by atoms with Crippen LogP contribution in [0.3, 0.4) is 0 Å². The van der Waals surface area contributed by atoms with E-state index in [0.717, 1.165) is 16.9 Å². The first-order valence-corrected chi connectivity index (χ1v) is 8.14. The van der Waals surface area contributed by atoms with Crippen molar-refractivity contribution in [3.05, 3.63) is 84.4 Å². The third-order valence-electron chi connectivity index (χ3n) is 4.09. The summed E-state index contributed by atoms with van der Waals surface area (Å²) in [6.45, 7) is 1.33. The van der Waals surface area contributed by atoms with E-state index in [1.54, 1.807) is 0 Å². The van der Waals surface area contributed by atoms with Crippen LogP contribution in [-0.4, -0.2) is 13.2 Å². The van der Waals surface area contributed by atoms with Gasteiger partial charge >= 0.3 is 0 Å². The monoisotopic (exact) mass is 317 g/mol. The molecule has 0 spiro atoms. The molecule has 1 fully saturated rings. The van der Waals surface area contributed by atoms with Gasteiger partial charge < -0.3 is 14.8 Å². The summed E-state index contributed by atoms with van der Waals surface area (Å²) in [4.78, 5) is 0. The summed E-state index contributed by atoms with van der Waals surface area (Å²) in [6.07, 6.45) is -0.218. The van der Waals surface area contributed by atoms with E-state index in [1.165, 1.54) is 11.1 Å². The molecule has 1 aliphatic rings. The fourth-order valence-corrected chi connectivity index (χ4v) is 2.82. The lowest BCUT2D eigenvalue weighted by molar-refractivity contribution is -0.0441. The Balaban J connectivity index is 1.45. The third-order valence-corrected chi connectivity index (χ3v) is 4.09. The maximum Gasteiger partial charge on any atom is 0.184 e. The molecular formula is C21H19NO2. The van der Waals surface area contributed by atoms with Crippen LogP contribution in [-0.2, 0) is 9.47 Å². The second kappa shape index (κ2) is 6.87. The van der Waals surface area contributed by atoms with Crippen LogP contribution in [0.25, 0.3) is 11.1 Å². The molecule has 1 saturated heterocycles. The molecule has 0 unspecified atom stereocenters. The van der Waals surface area contributed by atoms with Crippen molar-refractivity contribution in [2.24, 2.45) is 0 Å². The molecule has 0 bridgehead atoms. The van der Waals surface area contributed by atoms with E-state index < -0.39 is 0 Å². The lowest BCUT2D eigenvalue weighted by Crippen LogP contribution is -1.98. The van der Waals surface area contributed by atoms with Gasteiger partial charge in [-0.05, 0) is 35.4 Å². The standard InChI is InChI=1S/C21H19NO2/c1-2-4-16(5-3-1)17-6-10-19(11-7-17)22-20-12-8-18(9-13-20)21-23-14-15-24-21/h1-13,21-22H,14-15H2. The van der Waals surface area contributed by atoms with Crippen molar-refractivity contribution in [3.8, 4) is 11.1 Å². The van der Waals surface area contributed by atoms with E-state index >= 15 is 0 Å². The molecule has 3 nitrogen and oxygen atoms in total. The highest BCUT2D eigenvalue weighted by atomic mass is 16.7. The maximum absolute atomic E-state index is 5.51. The van der Waals surface area contributed by atoms with E-state index in [4.69, 9.17) is 9.47 Å². The molecule has 1 aliphatic heterocycles. The largest absolute Gasteiger partial charge is 0.356 e. The first-order chi connectivity index (χ1) is 11.9. The Morgan fingerprint density at radius 1 is 0.625 bits per heavy atom. The van der Waals surface area contributed by atoms with Gasteiger partial charge in [0.15, 0.2) is 6.29 Å². The van der Waals surface area contributed by atoms with Gasteiger partial charge in [0, 0.05) is 16.9 Å². The molecule has 0 atom stereocenters. The summed E-state index contributed by atoms with van der Waals surface area (Å²) in [5.74, 6) is 0. The van der Waals surface area contributed by atoms with Gasteiger partial charge in [-0.15, -0.1) is 0 Å². The minimum atomic E-state index is -0.218. The molecule has 0 radical (unpaired) electrons. The predicted octanol–water partition coefficient (Wildman–Crippen LogP) is 5.14. The zero-order valence-electron chi connectivity index (χ0n) is 13.3. The number of hydrogen-bond acceptors (Lipinski definition) is 3. The summed E-state index contributed by atoms with van der Waals surface area (Å²) in [6, 6.07) is 27.0. The molecular weight excluding hydrogens is 298 g/mol. The van der Waals surface area contributed by atoms with Crippen LogP contribution >= 0.6 is 0 Å². The van der Waals surface area contributed by atoms with Crippen molar-refractivity contribution < 1.29 is 9.47 Å². The second-order valence-electron chi connectivity index (χ2n) is 5.76. The van der Waals surface area contributed by atoms with Crippen molar-refractivity contribution in [1.29, 1.82) is 0 Å². The number of anilines is 2. The van der Waals surface area contributed by atoms with Crippen LogP contribution in [0.4, 0.5) is 11.4 Å². The number of ether oxygens (including phenoxy) is 2. The van der Waals surface area contributed by atoms with Gasteiger partial charge in [-0.2, -0.15) is 0 Å². The Morgan fingerprint density at radius 3 is 1.79 bits per heavy atom.